The molecule has 4 rings (SSSR count). The third-order valence-corrected chi connectivity index (χ3v) is 8.93. The van der Waals surface area contributed by atoms with Crippen molar-refractivity contribution < 1.29 is 22.5 Å². The summed E-state index contributed by atoms with van der Waals surface area (Å²) < 4.78 is 32.2. The maximum atomic E-state index is 12.9. The van der Waals surface area contributed by atoms with Gasteiger partial charge in [0.05, 0.1) is 10.9 Å². The van der Waals surface area contributed by atoms with Crippen LogP contribution in [0.3, 0.4) is 0 Å². The number of amides is 2. The van der Waals surface area contributed by atoms with Gasteiger partial charge in [0.1, 0.15) is 10.6 Å². The van der Waals surface area contributed by atoms with Gasteiger partial charge >= 0.3 is 0 Å². The Morgan fingerprint density at radius 1 is 1.29 bits per heavy atom. The van der Waals surface area contributed by atoms with Crippen LogP contribution in [-0.4, -0.2) is 66.0 Å². The molecule has 2 aliphatic heterocycles. The van der Waals surface area contributed by atoms with Gasteiger partial charge < -0.3 is 14.7 Å². The molecule has 0 saturated carbocycles. The van der Waals surface area contributed by atoms with Crippen molar-refractivity contribution in [1.29, 1.82) is 0 Å². The largest absolute Gasteiger partial charge is 0.360 e. The molecule has 0 unspecified atom stereocenters. The Balaban J connectivity index is 1.38. The Labute approximate surface area is 189 Å². The second-order valence-corrected chi connectivity index (χ2v) is 10.9. The molecule has 2 aromatic rings. The number of thioether (sulfide) groups is 1. The number of carbonyl (C=O) groups excluding carboxylic acids is 2. The van der Waals surface area contributed by atoms with E-state index in [1.807, 2.05) is 6.07 Å². The second kappa shape index (κ2) is 8.45. The number of aromatic nitrogens is 1. The summed E-state index contributed by atoms with van der Waals surface area (Å²) in [6.45, 7) is 4.00. The van der Waals surface area contributed by atoms with Gasteiger partial charge in [0.2, 0.25) is 21.8 Å². The molecule has 2 amide bonds. The van der Waals surface area contributed by atoms with Gasteiger partial charge in [0.25, 0.3) is 0 Å². The van der Waals surface area contributed by atoms with E-state index in [4.69, 9.17) is 16.1 Å². The van der Waals surface area contributed by atoms with Gasteiger partial charge in [0.15, 0.2) is 5.76 Å². The molecule has 1 atom stereocenters. The number of hydrogen-bond acceptors (Lipinski definition) is 7. The number of halogens is 1. The summed E-state index contributed by atoms with van der Waals surface area (Å²) >= 11 is 7.29. The van der Waals surface area contributed by atoms with Crippen LogP contribution in [0, 0.1) is 13.8 Å². The van der Waals surface area contributed by atoms with Crippen LogP contribution in [0.4, 0.5) is 5.69 Å². The summed E-state index contributed by atoms with van der Waals surface area (Å²) in [5.41, 5.74) is 0.960. The number of fused-ring (bicyclic) bond motifs is 1. The molecular formula is C19H21ClN4O5S2. The van der Waals surface area contributed by atoms with E-state index in [0.29, 0.717) is 16.4 Å². The van der Waals surface area contributed by atoms with Crippen LogP contribution < -0.4 is 5.32 Å². The van der Waals surface area contributed by atoms with E-state index in [-0.39, 0.29) is 55.1 Å². The molecule has 166 valence electrons. The van der Waals surface area contributed by atoms with Crippen molar-refractivity contribution >= 4 is 50.9 Å². The van der Waals surface area contributed by atoms with E-state index in [2.05, 4.69) is 10.5 Å². The molecule has 1 N–H and O–H groups in total. The molecule has 0 radical (unpaired) electrons. The lowest BCUT2D eigenvalue weighted by molar-refractivity contribution is -0.133. The Bertz CT molecular complexity index is 1120. The zero-order chi connectivity index (χ0) is 22.3. The van der Waals surface area contributed by atoms with E-state index in [1.54, 1.807) is 30.9 Å². The lowest BCUT2D eigenvalue weighted by atomic mass is 10.2. The number of anilines is 1. The van der Waals surface area contributed by atoms with Gasteiger partial charge in [0, 0.05) is 42.5 Å². The van der Waals surface area contributed by atoms with Crippen molar-refractivity contribution in [2.24, 2.45) is 0 Å². The number of carbonyl (C=O) groups is 2. The number of piperazine rings is 1. The number of sulfonamides is 1. The van der Waals surface area contributed by atoms with Crippen molar-refractivity contribution in [3.8, 4) is 0 Å². The number of hydrogen-bond donors (Lipinski definition) is 1. The number of nitrogens with zero attached hydrogens (tertiary/aromatic N) is 3. The first-order valence-electron chi connectivity index (χ1n) is 9.64. The quantitative estimate of drug-likeness (QED) is 0.708. The first kappa shape index (κ1) is 22.1. The Morgan fingerprint density at radius 3 is 2.65 bits per heavy atom. The van der Waals surface area contributed by atoms with Crippen LogP contribution in [0.25, 0.3) is 0 Å². The van der Waals surface area contributed by atoms with Gasteiger partial charge in [-0.15, -0.1) is 11.8 Å². The van der Waals surface area contributed by atoms with Crippen LogP contribution in [0.15, 0.2) is 32.5 Å². The number of aryl methyl sites for hydroxylation is 2. The maximum Gasteiger partial charge on any atom is 0.248 e. The Hall–Kier alpha value is -2.08. The first-order valence-corrected chi connectivity index (χ1v) is 12.3. The Kier molecular flexibility index (Phi) is 6.03. The number of rotatable bonds is 4. The zero-order valence-electron chi connectivity index (χ0n) is 16.9. The van der Waals surface area contributed by atoms with E-state index in [9.17, 15) is 18.0 Å². The van der Waals surface area contributed by atoms with Crippen molar-refractivity contribution in [3.05, 3.63) is 34.7 Å². The van der Waals surface area contributed by atoms with Crippen LogP contribution in [0.1, 0.15) is 17.9 Å². The normalized spacial score (nSPS) is 19.8. The highest BCUT2D eigenvalue weighted by Gasteiger charge is 2.36. The SMILES string of the molecule is Cc1noc(C)c1S(=O)(=O)N1CCN(C(=O)C[C@H]2Sc3ccc(Cl)cc3NC2=O)CC1. The fourth-order valence-corrected chi connectivity index (χ4v) is 6.66. The van der Waals surface area contributed by atoms with Crippen molar-refractivity contribution in [2.75, 3.05) is 31.5 Å². The average Bonchev–Trinajstić information content (AvgIpc) is 3.07. The summed E-state index contributed by atoms with van der Waals surface area (Å²) in [5, 5.41) is 6.49. The molecular weight excluding hydrogens is 464 g/mol. The molecule has 3 heterocycles. The van der Waals surface area contributed by atoms with Crippen LogP contribution >= 0.6 is 23.4 Å². The first-order chi connectivity index (χ1) is 14.7. The van der Waals surface area contributed by atoms with E-state index in [1.165, 1.54) is 16.1 Å². The van der Waals surface area contributed by atoms with Crippen molar-refractivity contribution in [3.63, 3.8) is 0 Å². The molecule has 12 heteroatoms. The standard InChI is InChI=1S/C19H21ClN4O5S2/c1-11-18(12(2)29-22-11)31(27,28)24-7-5-23(6-8-24)17(25)10-16-19(26)21-14-9-13(20)3-4-15(14)30-16/h3-4,9,16H,5-8,10H2,1-2H3,(H,21,26)/t16-/m1/s1. The van der Waals surface area contributed by atoms with E-state index >= 15 is 0 Å². The third-order valence-electron chi connectivity index (χ3n) is 5.28. The van der Waals surface area contributed by atoms with Crippen LogP contribution in [0.2, 0.25) is 5.02 Å². The number of nitrogens with one attached hydrogen (secondary N) is 1. The molecule has 0 spiro atoms. The summed E-state index contributed by atoms with van der Waals surface area (Å²) in [5.74, 6) is -0.176. The fraction of sp³-hybridized carbons (Fsp3) is 0.421. The number of benzene rings is 1. The van der Waals surface area contributed by atoms with E-state index < -0.39 is 15.3 Å². The molecule has 1 saturated heterocycles. The van der Waals surface area contributed by atoms with Crippen LogP contribution in [-0.2, 0) is 19.6 Å². The van der Waals surface area contributed by atoms with Crippen molar-refractivity contribution in [1.82, 2.24) is 14.4 Å². The predicted molar refractivity (Wildman–Crippen MR) is 116 cm³/mol. The van der Waals surface area contributed by atoms with Crippen molar-refractivity contribution in [2.45, 2.75) is 35.3 Å². The summed E-state index contributed by atoms with van der Waals surface area (Å²) in [6, 6.07) is 5.23. The molecule has 1 fully saturated rings. The zero-order valence-corrected chi connectivity index (χ0v) is 19.3. The van der Waals surface area contributed by atoms with E-state index in [0.717, 1.165) is 4.90 Å². The fourth-order valence-electron chi connectivity index (χ4n) is 3.69. The Morgan fingerprint density at radius 2 is 2.00 bits per heavy atom. The minimum Gasteiger partial charge on any atom is -0.360 e. The molecule has 9 nitrogen and oxygen atoms in total. The molecule has 0 aliphatic carbocycles. The second-order valence-electron chi connectivity index (χ2n) is 7.38. The van der Waals surface area contributed by atoms with Gasteiger partial charge in [-0.3, -0.25) is 9.59 Å². The molecule has 31 heavy (non-hydrogen) atoms. The van der Waals surface area contributed by atoms with Gasteiger partial charge in [-0.05, 0) is 32.0 Å². The molecule has 1 aromatic heterocycles. The highest BCUT2D eigenvalue weighted by molar-refractivity contribution is 8.01. The van der Waals surface area contributed by atoms with Gasteiger partial charge in [-0.25, -0.2) is 8.42 Å². The average molecular weight is 485 g/mol. The van der Waals surface area contributed by atoms with Gasteiger partial charge in [-0.2, -0.15) is 4.31 Å². The predicted octanol–water partition coefficient (Wildman–Crippen LogP) is 2.28. The lowest BCUT2D eigenvalue weighted by Gasteiger charge is -2.34. The monoisotopic (exact) mass is 484 g/mol. The topological polar surface area (TPSA) is 113 Å². The minimum atomic E-state index is -3.74. The van der Waals surface area contributed by atoms with Gasteiger partial charge in [-0.1, -0.05) is 16.8 Å². The molecule has 2 aliphatic rings. The summed E-state index contributed by atoms with van der Waals surface area (Å²) in [6.07, 6.45) is 0.0369. The molecule has 0 bridgehead atoms. The smallest absolute Gasteiger partial charge is 0.248 e. The summed E-state index contributed by atoms with van der Waals surface area (Å²) in [4.78, 5) is 27.8. The highest BCUT2D eigenvalue weighted by Crippen LogP contribution is 2.38. The highest BCUT2D eigenvalue weighted by atomic mass is 35.5. The minimum absolute atomic E-state index is 0.0369. The summed E-state index contributed by atoms with van der Waals surface area (Å²) in [7, 11) is -3.74. The lowest BCUT2D eigenvalue weighted by Crippen LogP contribution is -2.51. The van der Waals surface area contributed by atoms with Crippen LogP contribution in [0.5, 0.6) is 0 Å². The maximum absolute atomic E-state index is 12.9. The molecule has 1 aromatic carbocycles. The third kappa shape index (κ3) is 4.32.